The van der Waals surface area contributed by atoms with Crippen LogP contribution >= 0.6 is 0 Å². The van der Waals surface area contributed by atoms with Crippen molar-refractivity contribution in [1.29, 1.82) is 5.26 Å². The number of nitrogens with one attached hydrogen (secondary N) is 1. The lowest BCUT2D eigenvalue weighted by Crippen LogP contribution is -2.14. The molecule has 0 fully saturated rings. The Hall–Kier alpha value is -3.40. The molecule has 0 saturated heterocycles. The number of hydrogen-bond donors (Lipinski definition) is 2. The van der Waals surface area contributed by atoms with E-state index >= 15 is 0 Å². The molecule has 0 saturated carbocycles. The number of carboxylic acid groups (broad SMARTS) is 1. The molecule has 0 amide bonds. The van der Waals surface area contributed by atoms with Gasteiger partial charge in [0, 0.05) is 12.2 Å². The molecule has 0 aliphatic heterocycles. The van der Waals surface area contributed by atoms with E-state index in [9.17, 15) is 9.90 Å². The highest BCUT2D eigenvalue weighted by Gasteiger charge is 2.15. The first-order valence-corrected chi connectivity index (χ1v) is 7.37. The molecule has 24 heavy (non-hydrogen) atoms. The molecule has 0 atom stereocenters. The van der Waals surface area contributed by atoms with Gasteiger partial charge in [-0.15, -0.1) is 0 Å². The minimum absolute atomic E-state index is 0.0821. The van der Waals surface area contributed by atoms with Crippen molar-refractivity contribution in [2.45, 2.75) is 19.9 Å². The zero-order valence-corrected chi connectivity index (χ0v) is 13.2. The normalized spacial score (nSPS) is 10.8. The van der Waals surface area contributed by atoms with Gasteiger partial charge in [0.05, 0.1) is 34.4 Å². The summed E-state index contributed by atoms with van der Waals surface area (Å²) in [6, 6.07) is 9.24. The van der Waals surface area contributed by atoms with E-state index < -0.39 is 5.97 Å². The largest absolute Gasteiger partial charge is 0.478 e. The number of aromatic nitrogens is 3. The van der Waals surface area contributed by atoms with Crippen molar-refractivity contribution in [3.05, 3.63) is 47.8 Å². The van der Waals surface area contributed by atoms with Gasteiger partial charge >= 0.3 is 5.97 Å². The number of carbonyl (C=O) groups is 1. The maximum Gasteiger partial charge on any atom is 0.339 e. The fourth-order valence-electron chi connectivity index (χ4n) is 2.45. The summed E-state index contributed by atoms with van der Waals surface area (Å²) in [6.07, 6.45) is 2.82. The molecule has 0 aliphatic rings. The average Bonchev–Trinajstić information content (AvgIpc) is 2.96. The highest BCUT2D eigenvalue weighted by molar-refractivity contribution is 5.94. The maximum atomic E-state index is 11.4. The van der Waals surface area contributed by atoms with Gasteiger partial charge in [-0.3, -0.25) is 4.98 Å². The summed E-state index contributed by atoms with van der Waals surface area (Å²) >= 11 is 0. The zero-order chi connectivity index (χ0) is 17.3. The number of fused-ring (bicyclic) bond motifs is 1. The number of rotatable bonds is 4. The Morgan fingerprint density at radius 1 is 1.33 bits per heavy atom. The third-order valence-corrected chi connectivity index (χ3v) is 3.47. The Bertz CT molecular complexity index is 969. The molecule has 0 unspecified atom stereocenters. The fraction of sp³-hybridized carbons (Fsp3) is 0.176. The van der Waals surface area contributed by atoms with Gasteiger partial charge in [-0.25, -0.2) is 9.31 Å². The molecule has 0 aliphatic carbocycles. The van der Waals surface area contributed by atoms with Crippen molar-refractivity contribution in [3.63, 3.8) is 0 Å². The van der Waals surface area contributed by atoms with E-state index in [4.69, 9.17) is 5.26 Å². The minimum Gasteiger partial charge on any atom is -0.478 e. The third-order valence-electron chi connectivity index (χ3n) is 3.47. The lowest BCUT2D eigenvalue weighted by atomic mass is 10.1. The SMILES string of the molecule is CC(C)Nc1cc(-c2ccc3cc(C#N)cnn23)ncc1C(=O)O. The van der Waals surface area contributed by atoms with E-state index in [1.54, 1.807) is 16.6 Å². The van der Waals surface area contributed by atoms with Gasteiger partial charge in [0.15, 0.2) is 0 Å². The predicted octanol–water partition coefficient (Wildman–Crippen LogP) is 2.79. The molecule has 3 aromatic heterocycles. The van der Waals surface area contributed by atoms with Gasteiger partial charge in [0.25, 0.3) is 0 Å². The number of anilines is 1. The Morgan fingerprint density at radius 2 is 2.12 bits per heavy atom. The van der Waals surface area contributed by atoms with E-state index in [0.29, 0.717) is 16.9 Å². The molecule has 3 rings (SSSR count). The number of aromatic carboxylic acids is 1. The molecular weight excluding hydrogens is 306 g/mol. The van der Waals surface area contributed by atoms with Crippen LogP contribution in [0, 0.1) is 11.3 Å². The molecule has 0 bridgehead atoms. The highest BCUT2D eigenvalue weighted by atomic mass is 16.4. The average molecular weight is 321 g/mol. The van der Waals surface area contributed by atoms with Crippen LogP contribution in [-0.2, 0) is 0 Å². The molecule has 7 heteroatoms. The number of nitriles is 1. The molecule has 7 nitrogen and oxygen atoms in total. The zero-order valence-electron chi connectivity index (χ0n) is 13.2. The number of carboxylic acids is 1. The van der Waals surface area contributed by atoms with E-state index in [1.807, 2.05) is 26.0 Å². The van der Waals surface area contributed by atoms with Gasteiger partial charge in [-0.2, -0.15) is 10.4 Å². The van der Waals surface area contributed by atoms with Crippen molar-refractivity contribution in [2.24, 2.45) is 0 Å². The molecule has 120 valence electrons. The van der Waals surface area contributed by atoms with Gasteiger partial charge < -0.3 is 10.4 Å². The number of nitrogens with zero attached hydrogens (tertiary/aromatic N) is 4. The predicted molar refractivity (Wildman–Crippen MR) is 88.9 cm³/mol. The van der Waals surface area contributed by atoms with Crippen LogP contribution in [-0.4, -0.2) is 31.7 Å². The lowest BCUT2D eigenvalue weighted by molar-refractivity contribution is 0.0697. The summed E-state index contributed by atoms with van der Waals surface area (Å²) in [7, 11) is 0. The van der Waals surface area contributed by atoms with Crippen LogP contribution in [0.4, 0.5) is 5.69 Å². The molecule has 3 aromatic rings. The van der Waals surface area contributed by atoms with E-state index in [2.05, 4.69) is 21.5 Å². The Morgan fingerprint density at radius 3 is 2.79 bits per heavy atom. The summed E-state index contributed by atoms with van der Waals surface area (Å²) in [5.74, 6) is -1.03. The second kappa shape index (κ2) is 6.01. The molecule has 2 N–H and O–H groups in total. The van der Waals surface area contributed by atoms with Gasteiger partial charge in [-0.05, 0) is 38.1 Å². The Labute approximate surface area is 138 Å². The minimum atomic E-state index is -1.03. The Kier molecular flexibility index (Phi) is 3.88. The van der Waals surface area contributed by atoms with E-state index in [1.165, 1.54) is 12.4 Å². The van der Waals surface area contributed by atoms with Crippen LogP contribution in [0.3, 0.4) is 0 Å². The lowest BCUT2D eigenvalue weighted by Gasteiger charge is -2.13. The smallest absolute Gasteiger partial charge is 0.339 e. The maximum absolute atomic E-state index is 11.4. The molecule has 0 spiro atoms. The van der Waals surface area contributed by atoms with Gasteiger partial charge in [0.1, 0.15) is 11.6 Å². The van der Waals surface area contributed by atoms with Crippen LogP contribution in [0.15, 0.2) is 36.7 Å². The molecule has 0 aromatic carbocycles. The quantitative estimate of drug-likeness (QED) is 0.766. The van der Waals surface area contributed by atoms with Crippen molar-refractivity contribution in [3.8, 4) is 17.5 Å². The summed E-state index contributed by atoms with van der Waals surface area (Å²) in [4.78, 5) is 15.6. The van der Waals surface area contributed by atoms with Crippen LogP contribution in [0.25, 0.3) is 16.9 Å². The van der Waals surface area contributed by atoms with Crippen molar-refractivity contribution in [2.75, 3.05) is 5.32 Å². The number of hydrogen-bond acceptors (Lipinski definition) is 5. The van der Waals surface area contributed by atoms with Crippen LogP contribution in [0.2, 0.25) is 0 Å². The first-order chi connectivity index (χ1) is 11.5. The van der Waals surface area contributed by atoms with E-state index in [0.717, 1.165) is 11.2 Å². The second-order valence-corrected chi connectivity index (χ2v) is 5.63. The third kappa shape index (κ3) is 2.77. The first-order valence-electron chi connectivity index (χ1n) is 7.37. The fourth-order valence-corrected chi connectivity index (χ4v) is 2.45. The highest BCUT2D eigenvalue weighted by Crippen LogP contribution is 2.25. The van der Waals surface area contributed by atoms with Crippen LogP contribution < -0.4 is 5.32 Å². The van der Waals surface area contributed by atoms with Crippen LogP contribution in [0.5, 0.6) is 0 Å². The summed E-state index contributed by atoms with van der Waals surface area (Å²) in [6.45, 7) is 3.87. The van der Waals surface area contributed by atoms with Gasteiger partial charge in [-0.1, -0.05) is 0 Å². The van der Waals surface area contributed by atoms with Gasteiger partial charge in [0.2, 0.25) is 0 Å². The molecular formula is C17H15N5O2. The monoisotopic (exact) mass is 321 g/mol. The van der Waals surface area contributed by atoms with Crippen molar-refractivity contribution < 1.29 is 9.90 Å². The first kappa shape index (κ1) is 15.5. The summed E-state index contributed by atoms with van der Waals surface area (Å²) in [5, 5.41) is 25.6. The van der Waals surface area contributed by atoms with E-state index in [-0.39, 0.29) is 11.6 Å². The second-order valence-electron chi connectivity index (χ2n) is 5.63. The summed E-state index contributed by atoms with van der Waals surface area (Å²) in [5.41, 5.74) is 3.19. The number of pyridine rings is 1. The van der Waals surface area contributed by atoms with Crippen LogP contribution in [0.1, 0.15) is 29.8 Å². The Balaban J connectivity index is 2.13. The topological polar surface area (TPSA) is 103 Å². The standard InChI is InChI=1S/C17H15N5O2/c1-10(2)21-14-6-15(19-9-13(14)17(23)24)16-4-3-12-5-11(7-18)8-20-22(12)16/h3-6,8-10H,1-2H3,(H,19,21)(H,23,24). The van der Waals surface area contributed by atoms with Crippen molar-refractivity contribution >= 4 is 17.2 Å². The van der Waals surface area contributed by atoms with Crippen molar-refractivity contribution in [1.82, 2.24) is 14.6 Å². The molecule has 3 heterocycles. The summed E-state index contributed by atoms with van der Waals surface area (Å²) < 4.78 is 1.67. The molecule has 0 radical (unpaired) electrons.